The zero-order chi connectivity index (χ0) is 13.8. The van der Waals surface area contributed by atoms with Crippen LogP contribution in [-0.2, 0) is 0 Å². The number of hydrogen-bond donors (Lipinski definition) is 1. The molecule has 0 aromatic heterocycles. The van der Waals surface area contributed by atoms with Crippen molar-refractivity contribution in [1.29, 1.82) is 0 Å². The van der Waals surface area contributed by atoms with Crippen LogP contribution in [0.2, 0.25) is 0 Å². The minimum absolute atomic E-state index is 0.0447. The molecule has 0 aliphatic rings. The first kappa shape index (κ1) is 15.0. The molecule has 0 heterocycles. The van der Waals surface area contributed by atoms with E-state index in [1.165, 1.54) is 0 Å². The van der Waals surface area contributed by atoms with Crippen molar-refractivity contribution in [1.82, 2.24) is 4.90 Å². The molecule has 0 saturated heterocycles. The highest BCUT2D eigenvalue weighted by Gasteiger charge is 2.16. The topological polar surface area (TPSA) is 38.5 Å². The van der Waals surface area contributed by atoms with Gasteiger partial charge >= 0.3 is 0 Å². The molecule has 102 valence electrons. The summed E-state index contributed by atoms with van der Waals surface area (Å²) >= 11 is 0. The van der Waals surface area contributed by atoms with Crippen molar-refractivity contribution in [3.8, 4) is 5.75 Å². The Morgan fingerprint density at radius 1 is 1.22 bits per heavy atom. The van der Waals surface area contributed by atoms with Crippen molar-refractivity contribution in [2.75, 3.05) is 27.2 Å². The minimum atomic E-state index is 0.0447. The van der Waals surface area contributed by atoms with Crippen LogP contribution in [0, 0.1) is 5.41 Å². The van der Waals surface area contributed by atoms with Gasteiger partial charge in [-0.05, 0) is 30.2 Å². The predicted molar refractivity (Wildman–Crippen MR) is 76.9 cm³/mol. The lowest BCUT2D eigenvalue weighted by atomic mass is 9.96. The van der Waals surface area contributed by atoms with Gasteiger partial charge in [0.25, 0.3) is 0 Å². The van der Waals surface area contributed by atoms with Crippen LogP contribution >= 0.6 is 0 Å². The summed E-state index contributed by atoms with van der Waals surface area (Å²) in [4.78, 5) is 2.29. The molecule has 0 aliphatic carbocycles. The fourth-order valence-electron chi connectivity index (χ4n) is 2.17. The predicted octanol–water partition coefficient (Wildman–Crippen LogP) is 2.67. The summed E-state index contributed by atoms with van der Waals surface area (Å²) in [5.41, 5.74) is 7.67. The van der Waals surface area contributed by atoms with Gasteiger partial charge in [-0.25, -0.2) is 0 Å². The highest BCUT2D eigenvalue weighted by atomic mass is 16.5. The first-order valence-corrected chi connectivity index (χ1v) is 6.40. The summed E-state index contributed by atoms with van der Waals surface area (Å²) in [5, 5.41) is 0. The van der Waals surface area contributed by atoms with Crippen molar-refractivity contribution >= 4 is 0 Å². The molecule has 1 unspecified atom stereocenters. The Bertz CT molecular complexity index is 354. The van der Waals surface area contributed by atoms with Crippen molar-refractivity contribution in [3.05, 3.63) is 29.8 Å². The SMILES string of the molecule is COc1ccc(C(N)CN(C)CC(C)(C)C)cc1. The summed E-state index contributed by atoms with van der Waals surface area (Å²) in [6, 6.07) is 8.03. The van der Waals surface area contributed by atoms with Gasteiger partial charge in [-0.3, -0.25) is 0 Å². The van der Waals surface area contributed by atoms with Gasteiger partial charge in [0.2, 0.25) is 0 Å². The van der Waals surface area contributed by atoms with Crippen LogP contribution in [0.5, 0.6) is 5.75 Å². The summed E-state index contributed by atoms with van der Waals surface area (Å²) in [5.74, 6) is 0.869. The number of methoxy groups -OCH3 is 1. The third-order valence-corrected chi connectivity index (χ3v) is 2.80. The van der Waals surface area contributed by atoms with Gasteiger partial charge in [-0.2, -0.15) is 0 Å². The monoisotopic (exact) mass is 250 g/mol. The van der Waals surface area contributed by atoms with E-state index in [4.69, 9.17) is 10.5 Å². The Kier molecular flexibility index (Phi) is 5.17. The number of ether oxygens (including phenoxy) is 1. The number of nitrogens with two attached hydrogens (primary N) is 1. The van der Waals surface area contributed by atoms with Crippen molar-refractivity contribution in [2.24, 2.45) is 11.1 Å². The van der Waals surface area contributed by atoms with E-state index in [1.807, 2.05) is 24.3 Å². The Hall–Kier alpha value is -1.06. The third-order valence-electron chi connectivity index (χ3n) is 2.80. The Morgan fingerprint density at radius 2 is 1.78 bits per heavy atom. The molecule has 0 fully saturated rings. The lowest BCUT2D eigenvalue weighted by molar-refractivity contribution is 0.217. The van der Waals surface area contributed by atoms with E-state index >= 15 is 0 Å². The average Bonchev–Trinajstić information content (AvgIpc) is 2.26. The molecule has 18 heavy (non-hydrogen) atoms. The van der Waals surface area contributed by atoms with E-state index in [0.29, 0.717) is 5.41 Å². The Morgan fingerprint density at radius 3 is 2.22 bits per heavy atom. The van der Waals surface area contributed by atoms with Gasteiger partial charge in [-0.1, -0.05) is 32.9 Å². The lowest BCUT2D eigenvalue weighted by Crippen LogP contribution is -2.35. The standard InChI is InChI=1S/C15H26N2O/c1-15(2,3)11-17(4)10-14(16)12-6-8-13(18-5)9-7-12/h6-9,14H,10-11,16H2,1-5H3. The van der Waals surface area contributed by atoms with Crippen molar-refractivity contribution < 1.29 is 4.74 Å². The van der Waals surface area contributed by atoms with E-state index in [2.05, 4.69) is 32.7 Å². The molecule has 0 saturated carbocycles. The van der Waals surface area contributed by atoms with Gasteiger partial charge in [0.15, 0.2) is 0 Å². The van der Waals surface area contributed by atoms with Gasteiger partial charge < -0.3 is 15.4 Å². The fraction of sp³-hybridized carbons (Fsp3) is 0.600. The van der Waals surface area contributed by atoms with Crippen LogP contribution in [0.4, 0.5) is 0 Å². The largest absolute Gasteiger partial charge is 0.497 e. The first-order chi connectivity index (χ1) is 8.31. The van der Waals surface area contributed by atoms with Crippen LogP contribution in [0.25, 0.3) is 0 Å². The molecule has 1 aromatic rings. The second-order valence-electron chi connectivity index (χ2n) is 6.14. The van der Waals surface area contributed by atoms with Crippen LogP contribution < -0.4 is 10.5 Å². The van der Waals surface area contributed by atoms with Gasteiger partial charge in [-0.15, -0.1) is 0 Å². The fourth-order valence-corrected chi connectivity index (χ4v) is 2.17. The smallest absolute Gasteiger partial charge is 0.118 e. The van der Waals surface area contributed by atoms with Crippen LogP contribution in [0.15, 0.2) is 24.3 Å². The second-order valence-corrected chi connectivity index (χ2v) is 6.14. The van der Waals surface area contributed by atoms with Crippen molar-refractivity contribution in [3.63, 3.8) is 0 Å². The average molecular weight is 250 g/mol. The lowest BCUT2D eigenvalue weighted by Gasteiger charge is -2.28. The van der Waals surface area contributed by atoms with E-state index < -0.39 is 0 Å². The van der Waals surface area contributed by atoms with Crippen LogP contribution in [0.3, 0.4) is 0 Å². The third kappa shape index (κ3) is 5.07. The second kappa shape index (κ2) is 6.21. The molecule has 0 aliphatic heterocycles. The zero-order valence-corrected chi connectivity index (χ0v) is 12.2. The van der Waals surface area contributed by atoms with Gasteiger partial charge in [0.05, 0.1) is 7.11 Å². The number of likely N-dealkylation sites (N-methyl/N-ethyl adjacent to an activating group) is 1. The molecule has 3 heteroatoms. The maximum absolute atomic E-state index is 6.22. The molecule has 0 radical (unpaired) electrons. The summed E-state index contributed by atoms with van der Waals surface area (Å²) in [6.45, 7) is 8.62. The van der Waals surface area contributed by atoms with E-state index in [0.717, 1.165) is 24.4 Å². The van der Waals surface area contributed by atoms with E-state index in [-0.39, 0.29) is 6.04 Å². The summed E-state index contributed by atoms with van der Waals surface area (Å²) in [6.07, 6.45) is 0. The summed E-state index contributed by atoms with van der Waals surface area (Å²) in [7, 11) is 3.79. The zero-order valence-electron chi connectivity index (χ0n) is 12.2. The molecule has 1 aromatic carbocycles. The molecule has 3 nitrogen and oxygen atoms in total. The number of hydrogen-bond acceptors (Lipinski definition) is 3. The quantitative estimate of drug-likeness (QED) is 0.873. The number of nitrogens with zero attached hydrogens (tertiary/aromatic N) is 1. The molecule has 1 rings (SSSR count). The number of rotatable bonds is 5. The molecule has 1 atom stereocenters. The summed E-state index contributed by atoms with van der Waals surface area (Å²) < 4.78 is 5.14. The first-order valence-electron chi connectivity index (χ1n) is 6.40. The highest BCUT2D eigenvalue weighted by Crippen LogP contribution is 2.19. The van der Waals surface area contributed by atoms with Gasteiger partial charge in [0.1, 0.15) is 5.75 Å². The highest BCUT2D eigenvalue weighted by molar-refractivity contribution is 5.29. The molecule has 2 N–H and O–H groups in total. The molecule has 0 spiro atoms. The van der Waals surface area contributed by atoms with E-state index in [1.54, 1.807) is 7.11 Å². The van der Waals surface area contributed by atoms with Gasteiger partial charge in [0, 0.05) is 19.1 Å². The van der Waals surface area contributed by atoms with Crippen molar-refractivity contribution in [2.45, 2.75) is 26.8 Å². The normalized spacial score (nSPS) is 13.7. The molecule has 0 amide bonds. The Balaban J connectivity index is 2.56. The Labute approximate surface area is 111 Å². The molecular formula is C15H26N2O. The minimum Gasteiger partial charge on any atom is -0.497 e. The maximum Gasteiger partial charge on any atom is 0.118 e. The molecular weight excluding hydrogens is 224 g/mol. The van der Waals surface area contributed by atoms with E-state index in [9.17, 15) is 0 Å². The van der Waals surface area contributed by atoms with Crippen LogP contribution in [0.1, 0.15) is 32.4 Å². The molecule has 0 bridgehead atoms. The number of benzene rings is 1. The van der Waals surface area contributed by atoms with Crippen LogP contribution in [-0.4, -0.2) is 32.1 Å². The maximum atomic E-state index is 6.22.